The molecule has 1 aliphatic heterocycles. The zero-order chi connectivity index (χ0) is 31.1. The quantitative estimate of drug-likeness (QED) is 0.201. The van der Waals surface area contributed by atoms with Crippen LogP contribution in [0, 0.1) is 5.82 Å². The number of primary amides is 1. The number of halogens is 1. The van der Waals surface area contributed by atoms with Crippen LogP contribution in [-0.2, 0) is 15.8 Å². The van der Waals surface area contributed by atoms with E-state index in [1.54, 1.807) is 74.9 Å². The van der Waals surface area contributed by atoms with Crippen LogP contribution in [0.1, 0.15) is 48.3 Å². The fourth-order valence-corrected chi connectivity index (χ4v) is 5.26. The summed E-state index contributed by atoms with van der Waals surface area (Å²) in [6, 6.07) is 16.2. The molecule has 0 bridgehead atoms. The summed E-state index contributed by atoms with van der Waals surface area (Å²) >= 11 is 0. The summed E-state index contributed by atoms with van der Waals surface area (Å²) in [7, 11) is 0. The smallest absolute Gasteiger partial charge is 0.231 e. The predicted molar refractivity (Wildman–Crippen MR) is 162 cm³/mol. The zero-order valence-electron chi connectivity index (χ0n) is 24.0. The van der Waals surface area contributed by atoms with Crippen LogP contribution in [0.2, 0.25) is 0 Å². The molecule has 6 rings (SSSR count). The maximum absolute atomic E-state index is 13.7. The number of Topliss-reactive ketones (excluding diaryl/α,β-unsaturated/α-hetero) is 1. The van der Waals surface area contributed by atoms with Gasteiger partial charge in [-0.3, -0.25) is 14.6 Å². The van der Waals surface area contributed by atoms with Crippen LogP contribution < -0.4 is 15.8 Å². The minimum absolute atomic E-state index is 0.000366. The number of carbonyl (C=O) groups is 2. The van der Waals surface area contributed by atoms with E-state index in [9.17, 15) is 19.1 Å². The fourth-order valence-electron chi connectivity index (χ4n) is 5.26. The number of ether oxygens (including phenoxy) is 1. The first kappa shape index (κ1) is 28.8. The second-order valence-corrected chi connectivity index (χ2v) is 11.3. The van der Waals surface area contributed by atoms with Crippen LogP contribution in [0.5, 0.6) is 5.75 Å². The Bertz CT molecular complexity index is 1900. The summed E-state index contributed by atoms with van der Waals surface area (Å²) in [6.45, 7) is 3.23. The minimum atomic E-state index is -1.58. The van der Waals surface area contributed by atoms with E-state index >= 15 is 0 Å². The molecule has 1 amide bonds. The highest BCUT2D eigenvalue weighted by Crippen LogP contribution is 2.46. The highest BCUT2D eigenvalue weighted by molar-refractivity contribution is 6.03. The van der Waals surface area contributed by atoms with Gasteiger partial charge in [0.05, 0.1) is 35.0 Å². The average Bonchev–Trinajstić information content (AvgIpc) is 3.38. The number of aliphatic hydroxyl groups is 1. The SMILES string of the molecule is C[C@](O)(CCC(=O)c1cc(Nc2ccnnc2)c2ncccc2c1)c1cc2c(c(-c3ccc(F)cc3)n1)OC[C@]2(C)C(N)=O. The number of nitrogens with zero attached hydrogens (tertiary/aromatic N) is 4. The molecule has 0 fully saturated rings. The van der Waals surface area contributed by atoms with E-state index in [0.29, 0.717) is 45.0 Å². The third-order valence-corrected chi connectivity index (χ3v) is 8.01. The number of aromatic nitrogens is 4. The standard InChI is InChI=1S/C33H29FN6O4/c1-32(31(35)42)18-44-30-24(32)16-27(40-29(30)19-5-7-22(34)8-6-19)33(2,43)11-9-26(41)21-14-20-4-3-12-36-28(20)25(15-21)39-23-10-13-37-38-17-23/h3-8,10,12-17,43H,9,11,18H2,1-2H3,(H2,35,42)(H,37,39)/t32-,33-/m0/s1. The van der Waals surface area contributed by atoms with E-state index < -0.39 is 22.7 Å². The van der Waals surface area contributed by atoms with Crippen molar-refractivity contribution in [2.24, 2.45) is 5.73 Å². The van der Waals surface area contributed by atoms with E-state index in [1.165, 1.54) is 12.1 Å². The van der Waals surface area contributed by atoms with Crippen molar-refractivity contribution in [1.82, 2.24) is 20.2 Å². The van der Waals surface area contributed by atoms with Crippen LogP contribution in [-0.4, -0.2) is 43.6 Å². The molecule has 11 heteroatoms. The summed E-state index contributed by atoms with van der Waals surface area (Å²) in [4.78, 5) is 35.2. The fraction of sp³-hybridized carbons (Fsp3) is 0.212. The largest absolute Gasteiger partial charge is 0.489 e. The van der Waals surface area contributed by atoms with Crippen molar-refractivity contribution < 1.29 is 23.8 Å². The number of rotatable bonds is 9. The molecule has 0 spiro atoms. The third-order valence-electron chi connectivity index (χ3n) is 8.01. The van der Waals surface area contributed by atoms with Crippen molar-refractivity contribution in [3.8, 4) is 17.0 Å². The lowest BCUT2D eigenvalue weighted by molar-refractivity contribution is -0.123. The first-order valence-electron chi connectivity index (χ1n) is 14.0. The molecule has 0 unspecified atom stereocenters. The second-order valence-electron chi connectivity index (χ2n) is 11.3. The normalized spacial score (nSPS) is 17.0. The maximum atomic E-state index is 13.7. The molecule has 4 N–H and O–H groups in total. The Kier molecular flexibility index (Phi) is 7.26. The van der Waals surface area contributed by atoms with E-state index in [-0.39, 0.29) is 30.9 Å². The molecular formula is C33H29FN6O4. The van der Waals surface area contributed by atoms with E-state index in [1.807, 2.05) is 6.07 Å². The Hall–Kier alpha value is -5.29. The Balaban J connectivity index is 1.32. The van der Waals surface area contributed by atoms with Crippen molar-refractivity contribution in [2.75, 3.05) is 11.9 Å². The third kappa shape index (κ3) is 5.33. The first-order chi connectivity index (χ1) is 21.0. The number of nitrogens with one attached hydrogen (secondary N) is 1. The molecule has 222 valence electrons. The molecule has 10 nitrogen and oxygen atoms in total. The highest BCUT2D eigenvalue weighted by atomic mass is 19.1. The van der Waals surface area contributed by atoms with E-state index in [4.69, 9.17) is 15.5 Å². The molecule has 0 saturated carbocycles. The average molecular weight is 593 g/mol. The van der Waals surface area contributed by atoms with Crippen molar-refractivity contribution >= 4 is 34.0 Å². The van der Waals surface area contributed by atoms with Gasteiger partial charge in [-0.05, 0) is 74.9 Å². The number of hydrogen-bond donors (Lipinski definition) is 3. The van der Waals surface area contributed by atoms with Crippen molar-refractivity contribution in [3.63, 3.8) is 0 Å². The Labute approximate surface area is 252 Å². The van der Waals surface area contributed by atoms with Crippen LogP contribution in [0.3, 0.4) is 0 Å². The number of amides is 1. The number of hydrogen-bond acceptors (Lipinski definition) is 9. The monoisotopic (exact) mass is 592 g/mol. The number of pyridine rings is 2. The number of nitrogens with two attached hydrogens (primary N) is 1. The molecule has 3 aromatic heterocycles. The molecular weight excluding hydrogens is 563 g/mol. The Morgan fingerprint density at radius 1 is 1.11 bits per heavy atom. The molecule has 44 heavy (non-hydrogen) atoms. The summed E-state index contributed by atoms with van der Waals surface area (Å²) in [5.41, 5.74) is 7.05. The number of fused-ring (bicyclic) bond motifs is 2. The molecule has 2 aromatic carbocycles. The van der Waals surface area contributed by atoms with Crippen LogP contribution in [0.15, 0.2) is 79.3 Å². The van der Waals surface area contributed by atoms with Gasteiger partial charge in [-0.15, -0.1) is 0 Å². The van der Waals surface area contributed by atoms with Gasteiger partial charge >= 0.3 is 0 Å². The van der Waals surface area contributed by atoms with Gasteiger partial charge in [0, 0.05) is 34.7 Å². The molecule has 0 aliphatic carbocycles. The van der Waals surface area contributed by atoms with Gasteiger partial charge in [-0.1, -0.05) is 6.07 Å². The first-order valence-corrected chi connectivity index (χ1v) is 14.0. The minimum Gasteiger partial charge on any atom is -0.489 e. The molecule has 5 aromatic rings. The van der Waals surface area contributed by atoms with Gasteiger partial charge in [0.1, 0.15) is 34.9 Å². The summed E-state index contributed by atoms with van der Waals surface area (Å²) in [5.74, 6) is -0.860. The van der Waals surface area contributed by atoms with Gasteiger partial charge in [-0.2, -0.15) is 10.2 Å². The number of ketones is 1. The topological polar surface area (TPSA) is 153 Å². The lowest BCUT2D eigenvalue weighted by Gasteiger charge is -2.26. The van der Waals surface area contributed by atoms with Gasteiger partial charge in [0.15, 0.2) is 5.78 Å². The Morgan fingerprint density at radius 3 is 2.64 bits per heavy atom. The van der Waals surface area contributed by atoms with Gasteiger partial charge in [0.2, 0.25) is 5.91 Å². The summed E-state index contributed by atoms with van der Waals surface area (Å²) < 4.78 is 19.6. The summed E-state index contributed by atoms with van der Waals surface area (Å²) in [6.07, 6.45) is 4.81. The van der Waals surface area contributed by atoms with E-state index in [2.05, 4.69) is 20.5 Å². The lowest BCUT2D eigenvalue weighted by Crippen LogP contribution is -2.40. The molecule has 1 aliphatic rings. The Morgan fingerprint density at radius 2 is 1.91 bits per heavy atom. The van der Waals surface area contributed by atoms with Crippen LogP contribution >= 0.6 is 0 Å². The van der Waals surface area contributed by atoms with Gasteiger partial charge in [-0.25, -0.2) is 9.37 Å². The van der Waals surface area contributed by atoms with Crippen molar-refractivity contribution in [1.29, 1.82) is 0 Å². The summed E-state index contributed by atoms with van der Waals surface area (Å²) in [5, 5.41) is 23.4. The number of benzene rings is 2. The number of anilines is 2. The molecule has 4 heterocycles. The lowest BCUT2D eigenvalue weighted by atomic mass is 9.81. The highest BCUT2D eigenvalue weighted by Gasteiger charge is 2.45. The zero-order valence-corrected chi connectivity index (χ0v) is 24.0. The molecule has 2 atom stereocenters. The molecule has 0 radical (unpaired) electrons. The molecule has 0 saturated heterocycles. The predicted octanol–water partition coefficient (Wildman–Crippen LogP) is 4.98. The maximum Gasteiger partial charge on any atom is 0.231 e. The number of carbonyl (C=O) groups excluding carboxylic acids is 2. The van der Waals surface area contributed by atoms with Crippen LogP contribution in [0.25, 0.3) is 22.2 Å². The van der Waals surface area contributed by atoms with Crippen LogP contribution in [0.4, 0.5) is 15.8 Å². The van der Waals surface area contributed by atoms with Gasteiger partial charge in [0.25, 0.3) is 0 Å². The van der Waals surface area contributed by atoms with Crippen molar-refractivity contribution in [3.05, 3.63) is 102 Å². The van der Waals surface area contributed by atoms with Gasteiger partial charge < -0.3 is 20.9 Å². The van der Waals surface area contributed by atoms with E-state index in [0.717, 1.165) is 5.39 Å². The van der Waals surface area contributed by atoms with Crippen molar-refractivity contribution in [2.45, 2.75) is 37.7 Å². The second kappa shape index (κ2) is 11.1.